The van der Waals surface area contributed by atoms with E-state index in [9.17, 15) is 9.13 Å². The zero-order valence-electron chi connectivity index (χ0n) is 26.1. The van der Waals surface area contributed by atoms with Crippen molar-refractivity contribution >= 4 is 15.2 Å². The highest BCUT2D eigenvalue weighted by Crippen LogP contribution is 2.56. The summed E-state index contributed by atoms with van der Waals surface area (Å²) in [5, 5.41) is 0. The van der Waals surface area contributed by atoms with Gasteiger partial charge in [-0.05, 0) is 114 Å². The van der Waals surface area contributed by atoms with E-state index in [1.165, 1.54) is 51.4 Å². The van der Waals surface area contributed by atoms with E-state index in [-0.39, 0.29) is 38.8 Å². The van der Waals surface area contributed by atoms with E-state index in [0.717, 1.165) is 34.8 Å². The molecule has 0 amide bonds. The van der Waals surface area contributed by atoms with Crippen molar-refractivity contribution < 1.29 is 36.7 Å². The lowest BCUT2D eigenvalue weighted by Crippen LogP contribution is -2.20. The van der Waals surface area contributed by atoms with E-state index in [1.54, 1.807) is 0 Å². The van der Waals surface area contributed by atoms with Crippen molar-refractivity contribution in [2.45, 2.75) is 91.4 Å². The van der Waals surface area contributed by atoms with Gasteiger partial charge in [0.2, 0.25) is 0 Å². The molecule has 238 valence electrons. The second-order valence-electron chi connectivity index (χ2n) is 12.8. The van der Waals surface area contributed by atoms with Crippen LogP contribution in [0.3, 0.4) is 0 Å². The molecule has 0 spiro atoms. The van der Waals surface area contributed by atoms with E-state index in [2.05, 4.69) is 0 Å². The lowest BCUT2D eigenvalue weighted by Gasteiger charge is -2.26. The topological polar surface area (TPSA) is 89.5 Å². The molecule has 0 heterocycles. The van der Waals surface area contributed by atoms with Gasteiger partial charge in [0.05, 0.1) is 52.0 Å². The van der Waals surface area contributed by atoms with Gasteiger partial charge in [0.1, 0.15) is 11.5 Å². The SMILES string of the molecule is CCOP(=O)(Cc1cc(OC[C@@H]2C[C@@H]3CC[C@H]2C3)c(CP(=O)(OCC)OCC)cc1OC[C@@H]1C[C@@H]2CC[C@H]1C2)OCC. The van der Waals surface area contributed by atoms with Crippen LogP contribution >= 0.6 is 15.2 Å². The fourth-order valence-corrected chi connectivity index (χ4v) is 11.6. The van der Waals surface area contributed by atoms with Crippen molar-refractivity contribution in [3.8, 4) is 11.5 Å². The smallest absolute Gasteiger partial charge is 0.335 e. The Labute approximate surface area is 253 Å². The standard InChI is InChI=1S/C32H52O8P2/c1-5-37-41(33,38-6-2)21-29-17-32(36-20-28-16-24-10-12-26(28)14-24)30(22-42(34,39-7-3)40-8-4)18-31(29)35-19-27-15-23-9-11-25(27)13-23/h17-18,23-28H,5-16,19-22H2,1-4H3/t23-,24-,25+,26+,27+,28+/m1/s1. The molecule has 6 atom stereocenters. The summed E-state index contributed by atoms with van der Waals surface area (Å²) in [4.78, 5) is 0. The van der Waals surface area contributed by atoms with Crippen LogP contribution in [0.1, 0.15) is 90.2 Å². The maximum absolute atomic E-state index is 13.7. The molecular formula is C32H52O8P2. The Morgan fingerprint density at radius 2 is 0.976 bits per heavy atom. The zero-order valence-corrected chi connectivity index (χ0v) is 27.9. The Bertz CT molecular complexity index is 1030. The van der Waals surface area contributed by atoms with E-state index >= 15 is 0 Å². The Balaban J connectivity index is 1.46. The highest BCUT2D eigenvalue weighted by atomic mass is 31.2. The number of fused-ring (bicyclic) bond motifs is 4. The second kappa shape index (κ2) is 14.5. The maximum Gasteiger partial charge on any atom is 0.335 e. The molecule has 4 fully saturated rings. The summed E-state index contributed by atoms with van der Waals surface area (Å²) in [5.74, 6) is 5.38. The minimum atomic E-state index is -3.41. The molecule has 0 unspecified atom stereocenters. The molecular weight excluding hydrogens is 574 g/mol. The van der Waals surface area contributed by atoms with Crippen LogP contribution in [0.4, 0.5) is 0 Å². The van der Waals surface area contributed by atoms with Crippen molar-refractivity contribution in [2.75, 3.05) is 39.6 Å². The normalized spacial score (nSPS) is 28.6. The number of benzene rings is 1. The molecule has 4 bridgehead atoms. The molecule has 0 aliphatic heterocycles. The van der Waals surface area contributed by atoms with Crippen molar-refractivity contribution in [2.24, 2.45) is 35.5 Å². The van der Waals surface area contributed by atoms with E-state index in [4.69, 9.17) is 27.6 Å². The molecule has 4 saturated carbocycles. The van der Waals surface area contributed by atoms with Crippen LogP contribution in [0.5, 0.6) is 11.5 Å². The summed E-state index contributed by atoms with van der Waals surface area (Å²) >= 11 is 0. The summed E-state index contributed by atoms with van der Waals surface area (Å²) in [7, 11) is -6.83. The Kier molecular flexibility index (Phi) is 11.2. The highest BCUT2D eigenvalue weighted by molar-refractivity contribution is 7.53. The van der Waals surface area contributed by atoms with Gasteiger partial charge >= 0.3 is 15.2 Å². The first-order chi connectivity index (χ1) is 20.3. The Morgan fingerprint density at radius 1 is 0.595 bits per heavy atom. The largest absolute Gasteiger partial charge is 0.493 e. The molecule has 0 radical (unpaired) electrons. The zero-order chi connectivity index (χ0) is 29.7. The van der Waals surface area contributed by atoms with Gasteiger partial charge in [0, 0.05) is 11.1 Å². The molecule has 10 heteroatoms. The molecule has 1 aromatic rings. The quantitative estimate of drug-likeness (QED) is 0.149. The lowest BCUT2D eigenvalue weighted by molar-refractivity contribution is 0.188. The van der Waals surface area contributed by atoms with Gasteiger partial charge in [-0.2, -0.15) is 0 Å². The van der Waals surface area contributed by atoms with Crippen LogP contribution in [0.2, 0.25) is 0 Å². The number of hydrogen-bond donors (Lipinski definition) is 0. The third-order valence-corrected chi connectivity index (χ3v) is 14.0. The molecule has 8 nitrogen and oxygen atoms in total. The van der Waals surface area contributed by atoms with E-state index in [0.29, 0.717) is 36.5 Å². The summed E-state index contributed by atoms with van der Waals surface area (Å²) in [5.41, 5.74) is 1.47. The monoisotopic (exact) mass is 626 g/mol. The van der Waals surface area contributed by atoms with Crippen LogP contribution in [-0.2, 0) is 39.5 Å². The number of hydrogen-bond acceptors (Lipinski definition) is 8. The average molecular weight is 627 g/mol. The van der Waals surface area contributed by atoms with E-state index < -0.39 is 15.2 Å². The first-order valence-electron chi connectivity index (χ1n) is 16.4. The van der Waals surface area contributed by atoms with Crippen LogP contribution in [0.15, 0.2) is 12.1 Å². The van der Waals surface area contributed by atoms with Gasteiger partial charge in [0.25, 0.3) is 0 Å². The molecule has 4 aliphatic carbocycles. The van der Waals surface area contributed by atoms with Gasteiger partial charge in [-0.3, -0.25) is 9.13 Å². The van der Waals surface area contributed by atoms with Crippen LogP contribution < -0.4 is 9.47 Å². The van der Waals surface area contributed by atoms with E-state index in [1.807, 2.05) is 39.8 Å². The summed E-state index contributed by atoms with van der Waals surface area (Å²) < 4.78 is 63.3. The molecule has 0 N–H and O–H groups in total. The van der Waals surface area contributed by atoms with Crippen molar-refractivity contribution in [1.82, 2.24) is 0 Å². The predicted molar refractivity (Wildman–Crippen MR) is 164 cm³/mol. The molecule has 42 heavy (non-hydrogen) atoms. The first-order valence-corrected chi connectivity index (χ1v) is 19.9. The Morgan fingerprint density at radius 3 is 1.26 bits per heavy atom. The van der Waals surface area contributed by atoms with Crippen molar-refractivity contribution in [3.63, 3.8) is 0 Å². The third-order valence-electron chi connectivity index (χ3n) is 9.95. The van der Waals surface area contributed by atoms with Crippen LogP contribution in [0, 0.1) is 35.5 Å². The highest BCUT2D eigenvalue weighted by Gasteiger charge is 2.41. The van der Waals surface area contributed by atoms with Gasteiger partial charge < -0.3 is 27.6 Å². The molecule has 0 saturated heterocycles. The molecule has 1 aromatic carbocycles. The minimum absolute atomic E-state index is 0.0834. The van der Waals surface area contributed by atoms with Gasteiger partial charge in [-0.15, -0.1) is 0 Å². The summed E-state index contributed by atoms with van der Waals surface area (Å²) in [6, 6.07) is 3.84. The minimum Gasteiger partial charge on any atom is -0.493 e. The maximum atomic E-state index is 13.7. The summed E-state index contributed by atoms with van der Waals surface area (Å²) in [6.45, 7) is 9.67. The van der Waals surface area contributed by atoms with Crippen molar-refractivity contribution in [3.05, 3.63) is 23.3 Å². The summed E-state index contributed by atoms with van der Waals surface area (Å²) in [6.07, 6.45) is 10.4. The van der Waals surface area contributed by atoms with Gasteiger partial charge in [0.15, 0.2) is 0 Å². The van der Waals surface area contributed by atoms with Gasteiger partial charge in [-0.25, -0.2) is 0 Å². The number of rotatable bonds is 18. The van der Waals surface area contributed by atoms with Crippen LogP contribution in [-0.4, -0.2) is 39.6 Å². The fourth-order valence-electron chi connectivity index (χ4n) is 8.18. The number of ether oxygens (including phenoxy) is 2. The van der Waals surface area contributed by atoms with Crippen LogP contribution in [0.25, 0.3) is 0 Å². The Hall–Kier alpha value is -0.880. The molecule has 0 aromatic heterocycles. The third kappa shape index (κ3) is 7.85. The van der Waals surface area contributed by atoms with Crippen molar-refractivity contribution in [1.29, 1.82) is 0 Å². The van der Waals surface area contributed by atoms with Gasteiger partial charge in [-0.1, -0.05) is 12.8 Å². The molecule has 5 rings (SSSR count). The first kappa shape index (κ1) is 32.5. The lowest BCUT2D eigenvalue weighted by atomic mass is 9.89. The molecule has 4 aliphatic rings. The average Bonchev–Trinajstić information content (AvgIpc) is 3.75. The predicted octanol–water partition coefficient (Wildman–Crippen LogP) is 8.85. The second-order valence-corrected chi connectivity index (χ2v) is 16.9. The fraction of sp³-hybridized carbons (Fsp3) is 0.812.